The fraction of sp³-hybridized carbons (Fsp3) is 0.125. The number of amides is 1. The van der Waals surface area contributed by atoms with Gasteiger partial charge in [0.15, 0.2) is 0 Å². The van der Waals surface area contributed by atoms with Gasteiger partial charge in [0, 0.05) is 5.56 Å². The van der Waals surface area contributed by atoms with Gasteiger partial charge in [-0.15, -0.1) is 0 Å². The predicted octanol–water partition coefficient (Wildman–Crippen LogP) is 2.67. The average molecular weight is 321 g/mol. The molecule has 120 valence electrons. The van der Waals surface area contributed by atoms with Gasteiger partial charge in [-0.1, -0.05) is 36.4 Å². The lowest BCUT2D eigenvalue weighted by atomic mass is 10.1. The molecule has 0 saturated carbocycles. The molecule has 1 amide bonds. The highest BCUT2D eigenvalue weighted by Gasteiger charge is 2.23. The summed E-state index contributed by atoms with van der Waals surface area (Å²) in [6, 6.07) is 13.3. The molecule has 0 aromatic heterocycles. The Balaban J connectivity index is 2.18. The Kier molecular flexibility index (Phi) is 5.24. The van der Waals surface area contributed by atoms with Crippen LogP contribution in [-0.4, -0.2) is 18.5 Å². The van der Waals surface area contributed by atoms with Crippen LogP contribution >= 0.6 is 0 Å². The van der Waals surface area contributed by atoms with E-state index >= 15 is 0 Å². The average Bonchev–Trinajstić information content (AvgIpc) is 2.52. The van der Waals surface area contributed by atoms with Crippen LogP contribution in [0.3, 0.4) is 0 Å². The SMILES string of the molecule is NC(=O)[C@@H](OC(=O)c1cccc(OC(F)F)c1)c1ccccc1. The second kappa shape index (κ2) is 7.35. The van der Waals surface area contributed by atoms with Crippen LogP contribution < -0.4 is 10.5 Å². The first-order chi connectivity index (χ1) is 11.0. The summed E-state index contributed by atoms with van der Waals surface area (Å²) < 4.78 is 33.7. The third-order valence-corrected chi connectivity index (χ3v) is 2.88. The van der Waals surface area contributed by atoms with E-state index < -0.39 is 24.6 Å². The number of carbonyl (C=O) groups excluding carboxylic acids is 2. The van der Waals surface area contributed by atoms with Crippen LogP contribution in [0.15, 0.2) is 54.6 Å². The molecule has 1 atom stereocenters. The van der Waals surface area contributed by atoms with E-state index in [4.69, 9.17) is 10.5 Å². The van der Waals surface area contributed by atoms with E-state index in [1.165, 1.54) is 18.2 Å². The second-order valence-electron chi connectivity index (χ2n) is 4.50. The molecule has 0 aliphatic rings. The topological polar surface area (TPSA) is 78.6 Å². The molecular weight excluding hydrogens is 308 g/mol. The van der Waals surface area contributed by atoms with Gasteiger partial charge in [0.1, 0.15) is 5.75 Å². The molecule has 0 unspecified atom stereocenters. The van der Waals surface area contributed by atoms with Gasteiger partial charge in [-0.05, 0) is 18.2 Å². The zero-order valence-corrected chi connectivity index (χ0v) is 11.8. The van der Waals surface area contributed by atoms with Gasteiger partial charge >= 0.3 is 12.6 Å². The quantitative estimate of drug-likeness (QED) is 0.830. The van der Waals surface area contributed by atoms with Gasteiger partial charge in [-0.3, -0.25) is 4.79 Å². The molecule has 0 saturated heterocycles. The highest BCUT2D eigenvalue weighted by Crippen LogP contribution is 2.21. The molecule has 2 aromatic rings. The fourth-order valence-corrected chi connectivity index (χ4v) is 1.89. The first-order valence-electron chi connectivity index (χ1n) is 6.57. The van der Waals surface area contributed by atoms with Gasteiger partial charge in [-0.25, -0.2) is 4.79 Å². The Hall–Kier alpha value is -2.96. The van der Waals surface area contributed by atoms with E-state index in [9.17, 15) is 18.4 Å². The van der Waals surface area contributed by atoms with E-state index in [1.807, 2.05) is 0 Å². The van der Waals surface area contributed by atoms with E-state index in [0.29, 0.717) is 5.56 Å². The normalized spacial score (nSPS) is 11.8. The van der Waals surface area contributed by atoms with Crippen molar-refractivity contribution in [3.05, 3.63) is 65.7 Å². The molecule has 2 N–H and O–H groups in total. The molecule has 0 fully saturated rings. The Morgan fingerprint density at radius 3 is 2.30 bits per heavy atom. The van der Waals surface area contributed by atoms with E-state index in [2.05, 4.69) is 4.74 Å². The van der Waals surface area contributed by atoms with Crippen molar-refractivity contribution in [2.45, 2.75) is 12.7 Å². The summed E-state index contributed by atoms with van der Waals surface area (Å²) in [6.07, 6.45) is -1.27. The second-order valence-corrected chi connectivity index (χ2v) is 4.50. The zero-order valence-electron chi connectivity index (χ0n) is 11.8. The number of rotatable bonds is 6. The minimum atomic E-state index is -3.01. The van der Waals surface area contributed by atoms with Crippen molar-refractivity contribution >= 4 is 11.9 Å². The fourth-order valence-electron chi connectivity index (χ4n) is 1.89. The molecule has 0 aliphatic heterocycles. The van der Waals surface area contributed by atoms with Crippen LogP contribution in [0.2, 0.25) is 0 Å². The van der Waals surface area contributed by atoms with Gasteiger partial charge in [-0.2, -0.15) is 8.78 Å². The van der Waals surface area contributed by atoms with Crippen molar-refractivity contribution in [2.75, 3.05) is 0 Å². The Morgan fingerprint density at radius 2 is 1.70 bits per heavy atom. The van der Waals surface area contributed by atoms with Crippen LogP contribution in [0.4, 0.5) is 8.78 Å². The number of ether oxygens (including phenoxy) is 2. The maximum Gasteiger partial charge on any atom is 0.387 e. The Bertz CT molecular complexity index is 691. The van der Waals surface area contributed by atoms with Crippen LogP contribution in [0.25, 0.3) is 0 Å². The smallest absolute Gasteiger partial charge is 0.387 e. The molecule has 2 rings (SSSR count). The van der Waals surface area contributed by atoms with Crippen molar-refractivity contribution in [1.29, 1.82) is 0 Å². The molecule has 2 aromatic carbocycles. The zero-order chi connectivity index (χ0) is 16.8. The minimum absolute atomic E-state index is 0.0367. The molecular formula is C16H13F2NO4. The van der Waals surface area contributed by atoms with Crippen molar-refractivity contribution in [1.82, 2.24) is 0 Å². The lowest BCUT2D eigenvalue weighted by Crippen LogP contribution is -2.26. The predicted molar refractivity (Wildman–Crippen MR) is 76.9 cm³/mol. The number of primary amides is 1. The highest BCUT2D eigenvalue weighted by molar-refractivity contribution is 5.92. The third kappa shape index (κ3) is 4.50. The number of hydrogen-bond acceptors (Lipinski definition) is 4. The van der Waals surface area contributed by atoms with E-state index in [-0.39, 0.29) is 11.3 Å². The van der Waals surface area contributed by atoms with Crippen LogP contribution in [-0.2, 0) is 9.53 Å². The molecule has 0 spiro atoms. The summed E-state index contributed by atoms with van der Waals surface area (Å²) in [5.74, 6) is -1.91. The molecule has 0 aliphatic carbocycles. The van der Waals surface area contributed by atoms with Crippen molar-refractivity contribution < 1.29 is 27.8 Å². The van der Waals surface area contributed by atoms with Crippen LogP contribution in [0.1, 0.15) is 22.0 Å². The number of hydrogen-bond donors (Lipinski definition) is 1. The Labute approximate surface area is 130 Å². The summed E-state index contributed by atoms with van der Waals surface area (Å²) in [7, 11) is 0. The van der Waals surface area contributed by atoms with Crippen molar-refractivity contribution in [3.8, 4) is 5.75 Å². The van der Waals surface area contributed by atoms with Crippen LogP contribution in [0, 0.1) is 0 Å². The van der Waals surface area contributed by atoms with Crippen molar-refractivity contribution in [2.24, 2.45) is 5.73 Å². The van der Waals surface area contributed by atoms with E-state index in [1.54, 1.807) is 30.3 Å². The van der Waals surface area contributed by atoms with Gasteiger partial charge in [0.25, 0.3) is 5.91 Å². The van der Waals surface area contributed by atoms with Gasteiger partial charge in [0.05, 0.1) is 5.56 Å². The first kappa shape index (κ1) is 16.4. The summed E-state index contributed by atoms with van der Waals surface area (Å²) in [6.45, 7) is -3.01. The number of nitrogens with two attached hydrogens (primary N) is 1. The number of carbonyl (C=O) groups is 2. The Morgan fingerprint density at radius 1 is 1.00 bits per heavy atom. The largest absolute Gasteiger partial charge is 0.444 e. The van der Waals surface area contributed by atoms with Crippen LogP contribution in [0.5, 0.6) is 5.75 Å². The monoisotopic (exact) mass is 321 g/mol. The molecule has 23 heavy (non-hydrogen) atoms. The lowest BCUT2D eigenvalue weighted by Gasteiger charge is -2.15. The number of halogens is 2. The maximum absolute atomic E-state index is 12.2. The summed E-state index contributed by atoms with van der Waals surface area (Å²) in [4.78, 5) is 23.6. The standard InChI is InChI=1S/C16H13F2NO4/c17-16(18)22-12-8-4-7-11(9-12)15(21)23-13(14(19)20)10-5-2-1-3-6-10/h1-9,13,16H,(H2,19,20)/t13-/m0/s1. The number of esters is 1. The number of benzene rings is 2. The van der Waals surface area contributed by atoms with E-state index in [0.717, 1.165) is 6.07 Å². The molecule has 0 heterocycles. The summed E-state index contributed by atoms with van der Waals surface area (Å²) in [5.41, 5.74) is 5.62. The minimum Gasteiger partial charge on any atom is -0.444 e. The van der Waals surface area contributed by atoms with Crippen molar-refractivity contribution in [3.63, 3.8) is 0 Å². The highest BCUT2D eigenvalue weighted by atomic mass is 19.3. The van der Waals surface area contributed by atoms with Gasteiger partial charge < -0.3 is 15.2 Å². The summed E-state index contributed by atoms with van der Waals surface area (Å²) in [5, 5.41) is 0. The third-order valence-electron chi connectivity index (χ3n) is 2.88. The molecule has 0 radical (unpaired) electrons. The molecule has 7 heteroatoms. The maximum atomic E-state index is 12.2. The number of alkyl halides is 2. The first-order valence-corrected chi connectivity index (χ1v) is 6.57. The van der Waals surface area contributed by atoms with Gasteiger partial charge in [0.2, 0.25) is 6.10 Å². The summed E-state index contributed by atoms with van der Waals surface area (Å²) >= 11 is 0. The lowest BCUT2D eigenvalue weighted by molar-refractivity contribution is -0.127. The molecule has 5 nitrogen and oxygen atoms in total. The molecule has 0 bridgehead atoms.